The fourth-order valence-electron chi connectivity index (χ4n) is 2.51. The molecule has 152 valence electrons. The normalized spacial score (nSPS) is 10.4. The summed E-state index contributed by atoms with van der Waals surface area (Å²) >= 11 is 0. The number of nitrogens with one attached hydrogen (secondary N) is 1. The van der Waals surface area contributed by atoms with Gasteiger partial charge in [0.15, 0.2) is 0 Å². The molecule has 1 N–H and O–H groups in total. The van der Waals surface area contributed by atoms with Gasteiger partial charge in [-0.3, -0.25) is 9.59 Å². The van der Waals surface area contributed by atoms with E-state index >= 15 is 0 Å². The lowest BCUT2D eigenvalue weighted by molar-refractivity contribution is -0.130. The minimum Gasteiger partial charge on any atom is -0.497 e. The lowest BCUT2D eigenvalue weighted by atomic mass is 10.1. The summed E-state index contributed by atoms with van der Waals surface area (Å²) < 4.78 is 9.73. The molecule has 0 aliphatic heterocycles. The number of hydrogen-bond acceptors (Lipinski definition) is 5. The van der Waals surface area contributed by atoms with Crippen molar-refractivity contribution >= 4 is 29.5 Å². The van der Waals surface area contributed by atoms with Gasteiger partial charge in [-0.25, -0.2) is 4.79 Å². The molecule has 2 amide bonds. The Bertz CT molecular complexity index is 873. The standard InChI is InChI=1S/C22H24N2O5/c1-4-24(15-20(25)23-18-10-12-19(28-2)13-11-18)21(26)14-7-16-5-8-17(9-6-16)22(27)29-3/h5-14H,4,15H2,1-3H3,(H,23,25)/b14-7+. The Labute approximate surface area is 169 Å². The summed E-state index contributed by atoms with van der Waals surface area (Å²) in [7, 11) is 2.89. The lowest BCUT2D eigenvalue weighted by Gasteiger charge is -2.18. The topological polar surface area (TPSA) is 84.9 Å². The zero-order valence-corrected chi connectivity index (χ0v) is 16.7. The molecule has 0 heterocycles. The summed E-state index contributed by atoms with van der Waals surface area (Å²) in [4.78, 5) is 37.5. The van der Waals surface area contributed by atoms with Crippen LogP contribution in [0.3, 0.4) is 0 Å². The van der Waals surface area contributed by atoms with Crippen molar-refractivity contribution in [2.75, 3.05) is 32.6 Å². The molecule has 0 bridgehead atoms. The molecule has 2 aromatic rings. The van der Waals surface area contributed by atoms with Crippen LogP contribution < -0.4 is 10.1 Å². The van der Waals surface area contributed by atoms with Gasteiger partial charge in [0.2, 0.25) is 11.8 Å². The van der Waals surface area contributed by atoms with Gasteiger partial charge in [-0.15, -0.1) is 0 Å². The summed E-state index contributed by atoms with van der Waals surface area (Å²) in [5.74, 6) is -0.301. The number of hydrogen-bond donors (Lipinski definition) is 1. The number of likely N-dealkylation sites (N-methyl/N-ethyl adjacent to an activating group) is 1. The molecule has 0 aliphatic rings. The van der Waals surface area contributed by atoms with E-state index in [9.17, 15) is 14.4 Å². The Hall–Kier alpha value is -3.61. The van der Waals surface area contributed by atoms with Crippen molar-refractivity contribution in [3.05, 3.63) is 65.7 Å². The van der Waals surface area contributed by atoms with Gasteiger partial charge in [-0.05, 0) is 55.0 Å². The molecular formula is C22H24N2O5. The van der Waals surface area contributed by atoms with Crippen LogP contribution in [0.1, 0.15) is 22.8 Å². The van der Waals surface area contributed by atoms with Gasteiger partial charge in [-0.2, -0.15) is 0 Å². The smallest absolute Gasteiger partial charge is 0.337 e. The van der Waals surface area contributed by atoms with Crippen molar-refractivity contribution in [2.45, 2.75) is 6.92 Å². The van der Waals surface area contributed by atoms with Gasteiger partial charge < -0.3 is 19.7 Å². The Kier molecular flexibility index (Phi) is 7.97. The Morgan fingerprint density at radius 1 is 1.00 bits per heavy atom. The zero-order valence-electron chi connectivity index (χ0n) is 16.7. The van der Waals surface area contributed by atoms with Gasteiger partial charge in [0, 0.05) is 18.3 Å². The highest BCUT2D eigenvalue weighted by atomic mass is 16.5. The SMILES string of the molecule is CCN(CC(=O)Nc1ccc(OC)cc1)C(=O)/C=C/c1ccc(C(=O)OC)cc1. The monoisotopic (exact) mass is 396 g/mol. The molecule has 0 unspecified atom stereocenters. The van der Waals surface area contributed by atoms with Crippen molar-refractivity contribution in [2.24, 2.45) is 0 Å². The minimum atomic E-state index is -0.420. The van der Waals surface area contributed by atoms with E-state index in [1.165, 1.54) is 18.1 Å². The predicted molar refractivity (Wildman–Crippen MR) is 111 cm³/mol. The zero-order chi connectivity index (χ0) is 21.2. The van der Waals surface area contributed by atoms with Crippen LogP contribution in [0.5, 0.6) is 5.75 Å². The van der Waals surface area contributed by atoms with Gasteiger partial charge >= 0.3 is 5.97 Å². The van der Waals surface area contributed by atoms with E-state index in [2.05, 4.69) is 10.1 Å². The Morgan fingerprint density at radius 2 is 1.66 bits per heavy atom. The Balaban J connectivity index is 1.93. The van der Waals surface area contributed by atoms with Crippen molar-refractivity contribution in [1.82, 2.24) is 4.90 Å². The summed E-state index contributed by atoms with van der Waals surface area (Å²) in [5.41, 5.74) is 1.81. The first-order chi connectivity index (χ1) is 14.0. The van der Waals surface area contributed by atoms with E-state index < -0.39 is 5.97 Å². The number of anilines is 1. The largest absolute Gasteiger partial charge is 0.497 e. The number of benzene rings is 2. The number of esters is 1. The van der Waals surface area contributed by atoms with Crippen LogP contribution in [0.2, 0.25) is 0 Å². The van der Waals surface area contributed by atoms with E-state index in [0.29, 0.717) is 23.5 Å². The molecule has 2 aromatic carbocycles. The summed E-state index contributed by atoms with van der Waals surface area (Å²) in [6, 6.07) is 13.6. The first-order valence-electron chi connectivity index (χ1n) is 9.06. The van der Waals surface area contributed by atoms with E-state index in [1.54, 1.807) is 68.6 Å². The quantitative estimate of drug-likeness (QED) is 0.548. The second-order valence-electron chi connectivity index (χ2n) is 6.08. The number of ether oxygens (including phenoxy) is 2. The van der Waals surface area contributed by atoms with Crippen LogP contribution in [0.15, 0.2) is 54.6 Å². The van der Waals surface area contributed by atoms with Gasteiger partial charge in [0.1, 0.15) is 12.3 Å². The molecule has 7 nitrogen and oxygen atoms in total. The molecule has 0 radical (unpaired) electrons. The molecule has 29 heavy (non-hydrogen) atoms. The number of amides is 2. The van der Waals surface area contributed by atoms with Crippen LogP contribution >= 0.6 is 0 Å². The molecule has 0 atom stereocenters. The van der Waals surface area contributed by atoms with E-state index in [4.69, 9.17) is 4.74 Å². The molecule has 0 saturated heterocycles. The maximum absolute atomic E-state index is 12.4. The minimum absolute atomic E-state index is 0.0625. The molecule has 2 rings (SSSR count). The highest BCUT2D eigenvalue weighted by Gasteiger charge is 2.13. The number of nitrogens with zero attached hydrogens (tertiary/aromatic N) is 1. The first-order valence-corrected chi connectivity index (χ1v) is 9.06. The average molecular weight is 396 g/mol. The first kappa shape index (κ1) is 21.7. The van der Waals surface area contributed by atoms with Crippen molar-refractivity contribution in [3.63, 3.8) is 0 Å². The molecular weight excluding hydrogens is 372 g/mol. The molecule has 0 aliphatic carbocycles. The number of methoxy groups -OCH3 is 2. The van der Waals surface area contributed by atoms with Gasteiger partial charge in [0.25, 0.3) is 0 Å². The number of carbonyl (C=O) groups excluding carboxylic acids is 3. The Morgan fingerprint density at radius 3 is 2.21 bits per heavy atom. The maximum Gasteiger partial charge on any atom is 0.337 e. The lowest BCUT2D eigenvalue weighted by Crippen LogP contribution is -2.36. The van der Waals surface area contributed by atoms with Crippen LogP contribution in [-0.2, 0) is 14.3 Å². The van der Waals surface area contributed by atoms with Crippen LogP contribution in [0.4, 0.5) is 5.69 Å². The third kappa shape index (κ3) is 6.49. The summed E-state index contributed by atoms with van der Waals surface area (Å²) in [6.45, 7) is 2.13. The van der Waals surface area contributed by atoms with Crippen molar-refractivity contribution in [3.8, 4) is 5.75 Å². The van der Waals surface area contributed by atoms with E-state index in [-0.39, 0.29) is 18.4 Å². The fraction of sp³-hybridized carbons (Fsp3) is 0.227. The molecule has 0 aromatic heterocycles. The number of rotatable bonds is 8. The maximum atomic E-state index is 12.4. The summed E-state index contributed by atoms with van der Waals surface area (Å²) in [6.07, 6.45) is 3.03. The molecule has 0 spiro atoms. The second-order valence-corrected chi connectivity index (χ2v) is 6.08. The van der Waals surface area contributed by atoms with E-state index in [0.717, 1.165) is 5.56 Å². The second kappa shape index (κ2) is 10.7. The van der Waals surface area contributed by atoms with Crippen LogP contribution in [0.25, 0.3) is 6.08 Å². The molecule has 0 fully saturated rings. The highest BCUT2D eigenvalue weighted by Crippen LogP contribution is 2.15. The fourth-order valence-corrected chi connectivity index (χ4v) is 2.51. The van der Waals surface area contributed by atoms with E-state index in [1.807, 2.05) is 0 Å². The van der Waals surface area contributed by atoms with Crippen LogP contribution in [-0.4, -0.2) is 50.0 Å². The van der Waals surface area contributed by atoms with Gasteiger partial charge in [-0.1, -0.05) is 12.1 Å². The predicted octanol–water partition coefficient (Wildman–Crippen LogP) is 2.98. The third-order valence-electron chi connectivity index (χ3n) is 4.15. The number of carbonyl (C=O) groups is 3. The third-order valence-corrected chi connectivity index (χ3v) is 4.15. The van der Waals surface area contributed by atoms with Crippen LogP contribution in [0, 0.1) is 0 Å². The molecule has 7 heteroatoms. The highest BCUT2D eigenvalue weighted by molar-refractivity contribution is 5.98. The average Bonchev–Trinajstić information content (AvgIpc) is 2.76. The van der Waals surface area contributed by atoms with Crippen molar-refractivity contribution in [1.29, 1.82) is 0 Å². The van der Waals surface area contributed by atoms with Gasteiger partial charge in [0.05, 0.1) is 19.8 Å². The molecule has 0 saturated carbocycles. The van der Waals surface area contributed by atoms with Crippen molar-refractivity contribution < 1.29 is 23.9 Å². The summed E-state index contributed by atoms with van der Waals surface area (Å²) in [5, 5.41) is 2.75.